The molecule has 7 heteroatoms. The standard InChI is InChI=1S/C10H12ClN5O/c1-3-6-17-10-14-7(13-9(11)15-10)8-12-4-5-16(8)2/h4-5H,3,6H2,1-2H3. The summed E-state index contributed by atoms with van der Waals surface area (Å²) < 4.78 is 7.13. The van der Waals surface area contributed by atoms with Gasteiger partial charge in [-0.15, -0.1) is 0 Å². The summed E-state index contributed by atoms with van der Waals surface area (Å²) in [6.45, 7) is 2.54. The molecule has 0 aliphatic rings. The van der Waals surface area contributed by atoms with E-state index in [-0.39, 0.29) is 11.3 Å². The highest BCUT2D eigenvalue weighted by Crippen LogP contribution is 2.16. The van der Waals surface area contributed by atoms with Gasteiger partial charge in [-0.3, -0.25) is 0 Å². The molecule has 0 radical (unpaired) electrons. The average molecular weight is 254 g/mol. The van der Waals surface area contributed by atoms with Crippen LogP contribution in [0.4, 0.5) is 0 Å². The van der Waals surface area contributed by atoms with Crippen LogP contribution in [0, 0.1) is 0 Å². The summed E-state index contributed by atoms with van der Waals surface area (Å²) >= 11 is 5.82. The summed E-state index contributed by atoms with van der Waals surface area (Å²) in [7, 11) is 1.85. The van der Waals surface area contributed by atoms with Crippen LogP contribution in [0.25, 0.3) is 11.6 Å². The summed E-state index contributed by atoms with van der Waals surface area (Å²) in [6.07, 6.45) is 4.35. The van der Waals surface area contributed by atoms with Gasteiger partial charge in [-0.05, 0) is 18.0 Å². The SMILES string of the molecule is CCCOc1nc(Cl)nc(-c2nccn2C)n1. The van der Waals surface area contributed by atoms with Gasteiger partial charge in [0.25, 0.3) is 0 Å². The lowest BCUT2D eigenvalue weighted by atomic mass is 10.5. The van der Waals surface area contributed by atoms with E-state index in [1.54, 1.807) is 17.0 Å². The van der Waals surface area contributed by atoms with E-state index in [0.717, 1.165) is 6.42 Å². The Morgan fingerprint density at radius 3 is 2.82 bits per heavy atom. The fourth-order valence-electron chi connectivity index (χ4n) is 1.27. The van der Waals surface area contributed by atoms with Crippen LogP contribution in [0.15, 0.2) is 12.4 Å². The van der Waals surface area contributed by atoms with Gasteiger partial charge >= 0.3 is 6.01 Å². The second kappa shape index (κ2) is 5.09. The van der Waals surface area contributed by atoms with Crippen LogP contribution < -0.4 is 4.74 Å². The number of hydrogen-bond acceptors (Lipinski definition) is 5. The molecular weight excluding hydrogens is 242 g/mol. The van der Waals surface area contributed by atoms with Gasteiger partial charge in [-0.25, -0.2) is 4.98 Å². The number of nitrogens with zero attached hydrogens (tertiary/aromatic N) is 5. The van der Waals surface area contributed by atoms with Crippen molar-refractivity contribution in [1.82, 2.24) is 24.5 Å². The first-order chi connectivity index (χ1) is 8.20. The molecule has 17 heavy (non-hydrogen) atoms. The molecule has 0 spiro atoms. The van der Waals surface area contributed by atoms with E-state index in [2.05, 4.69) is 19.9 Å². The van der Waals surface area contributed by atoms with Crippen molar-refractivity contribution in [3.8, 4) is 17.7 Å². The van der Waals surface area contributed by atoms with E-state index in [4.69, 9.17) is 16.3 Å². The maximum atomic E-state index is 5.82. The van der Waals surface area contributed by atoms with Crippen molar-refractivity contribution in [3.05, 3.63) is 17.7 Å². The van der Waals surface area contributed by atoms with Crippen LogP contribution in [-0.2, 0) is 7.05 Å². The maximum Gasteiger partial charge on any atom is 0.321 e. The second-order valence-electron chi connectivity index (χ2n) is 3.42. The fraction of sp³-hybridized carbons (Fsp3) is 0.400. The topological polar surface area (TPSA) is 65.7 Å². The van der Waals surface area contributed by atoms with E-state index in [1.807, 2.05) is 14.0 Å². The van der Waals surface area contributed by atoms with Gasteiger partial charge in [0.15, 0.2) is 5.82 Å². The summed E-state index contributed by atoms with van der Waals surface area (Å²) in [4.78, 5) is 16.2. The highest BCUT2D eigenvalue weighted by molar-refractivity contribution is 6.28. The van der Waals surface area contributed by atoms with Crippen molar-refractivity contribution >= 4 is 11.6 Å². The molecule has 0 atom stereocenters. The second-order valence-corrected chi connectivity index (χ2v) is 3.76. The van der Waals surface area contributed by atoms with Crippen LogP contribution >= 0.6 is 11.6 Å². The zero-order valence-corrected chi connectivity index (χ0v) is 10.3. The summed E-state index contributed by atoms with van der Waals surface area (Å²) in [5.74, 6) is 1.03. The van der Waals surface area contributed by atoms with Gasteiger partial charge in [0, 0.05) is 19.4 Å². The predicted molar refractivity (Wildman–Crippen MR) is 62.8 cm³/mol. The molecule has 2 rings (SSSR count). The van der Waals surface area contributed by atoms with Crippen LogP contribution in [0.1, 0.15) is 13.3 Å². The number of aryl methyl sites for hydroxylation is 1. The van der Waals surface area contributed by atoms with E-state index in [9.17, 15) is 0 Å². The van der Waals surface area contributed by atoms with Gasteiger partial charge in [0.05, 0.1) is 6.61 Å². The lowest BCUT2D eigenvalue weighted by Crippen LogP contribution is -2.04. The van der Waals surface area contributed by atoms with Crippen molar-refractivity contribution in [2.45, 2.75) is 13.3 Å². The summed E-state index contributed by atoms with van der Waals surface area (Å²) in [5.41, 5.74) is 0. The molecule has 0 unspecified atom stereocenters. The number of aromatic nitrogens is 5. The molecule has 6 nitrogen and oxygen atoms in total. The fourth-order valence-corrected chi connectivity index (χ4v) is 1.42. The van der Waals surface area contributed by atoms with Gasteiger partial charge in [-0.2, -0.15) is 15.0 Å². The molecule has 0 aromatic carbocycles. The molecule has 0 saturated carbocycles. The Morgan fingerprint density at radius 2 is 2.18 bits per heavy atom. The zero-order valence-electron chi connectivity index (χ0n) is 9.59. The van der Waals surface area contributed by atoms with E-state index in [1.165, 1.54) is 0 Å². The van der Waals surface area contributed by atoms with Gasteiger partial charge in [0.1, 0.15) is 0 Å². The molecule has 0 N–H and O–H groups in total. The van der Waals surface area contributed by atoms with Crippen LogP contribution in [0.2, 0.25) is 5.28 Å². The Labute approximate surface area is 104 Å². The molecule has 0 fully saturated rings. The third-order valence-corrected chi connectivity index (χ3v) is 2.21. The number of halogens is 1. The summed E-state index contributed by atoms with van der Waals surface area (Å²) in [5, 5.41) is 0.101. The first-order valence-electron chi connectivity index (χ1n) is 5.22. The van der Waals surface area contributed by atoms with Crippen molar-refractivity contribution < 1.29 is 4.74 Å². The van der Waals surface area contributed by atoms with Gasteiger partial charge < -0.3 is 9.30 Å². The largest absolute Gasteiger partial charge is 0.463 e. The number of hydrogen-bond donors (Lipinski definition) is 0. The van der Waals surface area contributed by atoms with Crippen LogP contribution in [0.5, 0.6) is 6.01 Å². The molecule has 2 aromatic rings. The molecule has 0 bridgehead atoms. The summed E-state index contributed by atoms with van der Waals surface area (Å²) in [6, 6.07) is 0.227. The van der Waals surface area contributed by atoms with Crippen molar-refractivity contribution in [1.29, 1.82) is 0 Å². The van der Waals surface area contributed by atoms with E-state index < -0.39 is 0 Å². The lowest BCUT2D eigenvalue weighted by Gasteiger charge is -2.05. The minimum Gasteiger partial charge on any atom is -0.463 e. The quantitative estimate of drug-likeness (QED) is 0.830. The monoisotopic (exact) mass is 253 g/mol. The van der Waals surface area contributed by atoms with Crippen LogP contribution in [-0.4, -0.2) is 31.1 Å². The Kier molecular flexibility index (Phi) is 3.53. The normalized spacial score (nSPS) is 10.5. The molecule has 2 aromatic heterocycles. The zero-order chi connectivity index (χ0) is 12.3. The van der Waals surface area contributed by atoms with E-state index >= 15 is 0 Å². The number of rotatable bonds is 4. The van der Waals surface area contributed by atoms with Crippen molar-refractivity contribution in [2.75, 3.05) is 6.61 Å². The third kappa shape index (κ3) is 2.71. The smallest absolute Gasteiger partial charge is 0.321 e. The molecule has 2 heterocycles. The highest BCUT2D eigenvalue weighted by Gasteiger charge is 2.11. The third-order valence-electron chi connectivity index (χ3n) is 2.04. The predicted octanol–water partition coefficient (Wildman–Crippen LogP) is 1.71. The Bertz CT molecular complexity index is 513. The van der Waals surface area contributed by atoms with E-state index in [0.29, 0.717) is 18.3 Å². The van der Waals surface area contributed by atoms with Gasteiger partial charge in [0.2, 0.25) is 11.1 Å². The van der Waals surface area contributed by atoms with Gasteiger partial charge in [-0.1, -0.05) is 6.92 Å². The number of ether oxygens (including phenoxy) is 1. The molecule has 0 aliphatic carbocycles. The van der Waals surface area contributed by atoms with Crippen LogP contribution in [0.3, 0.4) is 0 Å². The first kappa shape index (κ1) is 11.8. The Balaban J connectivity index is 2.35. The maximum absolute atomic E-state index is 5.82. The number of imidazole rings is 1. The lowest BCUT2D eigenvalue weighted by molar-refractivity contribution is 0.291. The molecule has 0 aliphatic heterocycles. The molecular formula is C10H12ClN5O. The minimum absolute atomic E-state index is 0.101. The molecule has 90 valence electrons. The molecule has 0 amide bonds. The highest BCUT2D eigenvalue weighted by atomic mass is 35.5. The average Bonchev–Trinajstić information content (AvgIpc) is 2.72. The molecule has 0 saturated heterocycles. The van der Waals surface area contributed by atoms with Crippen molar-refractivity contribution in [3.63, 3.8) is 0 Å². The van der Waals surface area contributed by atoms with Crippen molar-refractivity contribution in [2.24, 2.45) is 7.05 Å². The Morgan fingerprint density at radius 1 is 1.35 bits per heavy atom. The first-order valence-corrected chi connectivity index (χ1v) is 5.60. The minimum atomic E-state index is 0.101. The Hall–Kier alpha value is -1.69.